The van der Waals surface area contributed by atoms with Crippen LogP contribution in [-0.2, 0) is 0 Å². The first-order valence-corrected chi connectivity index (χ1v) is 6.88. The summed E-state index contributed by atoms with van der Waals surface area (Å²) in [4.78, 5) is 2.53. The third kappa shape index (κ3) is 3.22. The van der Waals surface area contributed by atoms with E-state index in [9.17, 15) is 0 Å². The molecule has 1 fully saturated rings. The van der Waals surface area contributed by atoms with Crippen LogP contribution in [0.3, 0.4) is 0 Å². The fourth-order valence-corrected chi connectivity index (χ4v) is 2.65. The quantitative estimate of drug-likeness (QED) is 0.846. The van der Waals surface area contributed by atoms with Crippen LogP contribution in [0.1, 0.15) is 50.6 Å². The minimum atomic E-state index is 0.122. The summed E-state index contributed by atoms with van der Waals surface area (Å²) in [6, 6.07) is 8.72. The number of rotatable bonds is 2. The van der Waals surface area contributed by atoms with Crippen molar-refractivity contribution < 1.29 is 0 Å². The normalized spacial score (nSPS) is 19.5. The van der Waals surface area contributed by atoms with Crippen LogP contribution in [0.15, 0.2) is 24.3 Å². The number of nitrogens with zero attached hydrogens (tertiary/aromatic N) is 1. The molecule has 1 atom stereocenters. The lowest BCUT2D eigenvalue weighted by molar-refractivity contribution is 0.555. The van der Waals surface area contributed by atoms with Gasteiger partial charge in [0.25, 0.3) is 0 Å². The summed E-state index contributed by atoms with van der Waals surface area (Å²) in [5, 5.41) is 0. The van der Waals surface area contributed by atoms with Crippen LogP contribution in [0.4, 0.5) is 5.69 Å². The van der Waals surface area contributed by atoms with Crippen molar-refractivity contribution in [1.82, 2.24) is 0 Å². The molecule has 2 nitrogen and oxygen atoms in total. The molecule has 0 saturated carbocycles. The molecule has 0 amide bonds. The number of nitrogens with two attached hydrogens (primary N) is 1. The monoisotopic (exact) mass is 232 g/mol. The van der Waals surface area contributed by atoms with E-state index in [0.717, 1.165) is 0 Å². The van der Waals surface area contributed by atoms with Gasteiger partial charge in [-0.3, -0.25) is 0 Å². The van der Waals surface area contributed by atoms with Crippen LogP contribution in [0.25, 0.3) is 0 Å². The Labute approximate surface area is 105 Å². The first-order chi connectivity index (χ1) is 8.29. The van der Waals surface area contributed by atoms with E-state index in [2.05, 4.69) is 36.1 Å². The molecule has 0 unspecified atom stereocenters. The van der Waals surface area contributed by atoms with Crippen LogP contribution in [-0.4, -0.2) is 13.1 Å². The fourth-order valence-electron chi connectivity index (χ4n) is 2.65. The predicted octanol–water partition coefficient (Wildman–Crippen LogP) is 3.48. The van der Waals surface area contributed by atoms with Gasteiger partial charge in [0.05, 0.1) is 0 Å². The maximum atomic E-state index is 6.06. The Morgan fingerprint density at radius 2 is 1.59 bits per heavy atom. The lowest BCUT2D eigenvalue weighted by Gasteiger charge is -2.29. The molecule has 17 heavy (non-hydrogen) atoms. The Balaban J connectivity index is 2.18. The highest BCUT2D eigenvalue weighted by Crippen LogP contribution is 2.26. The molecule has 1 aliphatic heterocycles. The molecule has 0 bridgehead atoms. The van der Waals surface area contributed by atoms with E-state index in [1.54, 1.807) is 0 Å². The molecule has 1 saturated heterocycles. The number of anilines is 1. The first kappa shape index (κ1) is 12.4. The van der Waals surface area contributed by atoms with Gasteiger partial charge in [0.1, 0.15) is 0 Å². The van der Waals surface area contributed by atoms with Gasteiger partial charge in [0.15, 0.2) is 0 Å². The Kier molecular flexibility index (Phi) is 4.43. The summed E-state index contributed by atoms with van der Waals surface area (Å²) >= 11 is 0. The molecule has 1 aliphatic rings. The highest BCUT2D eigenvalue weighted by atomic mass is 15.1. The summed E-state index contributed by atoms with van der Waals surface area (Å²) in [6.07, 6.45) is 6.77. The van der Waals surface area contributed by atoms with Crippen molar-refractivity contribution in [3.8, 4) is 0 Å². The van der Waals surface area contributed by atoms with Crippen molar-refractivity contribution in [1.29, 1.82) is 0 Å². The van der Waals surface area contributed by atoms with Gasteiger partial charge in [0.2, 0.25) is 0 Å². The molecule has 2 N–H and O–H groups in total. The average Bonchev–Trinajstić information content (AvgIpc) is 2.28. The minimum Gasteiger partial charge on any atom is -0.371 e. The number of para-hydroxylation sites is 1. The van der Waals surface area contributed by atoms with Gasteiger partial charge in [-0.05, 0) is 31.4 Å². The van der Waals surface area contributed by atoms with Crippen LogP contribution in [0.5, 0.6) is 0 Å². The zero-order valence-corrected chi connectivity index (χ0v) is 10.9. The van der Waals surface area contributed by atoms with Crippen LogP contribution >= 0.6 is 0 Å². The highest BCUT2D eigenvalue weighted by molar-refractivity contribution is 5.54. The second kappa shape index (κ2) is 6.06. The largest absolute Gasteiger partial charge is 0.371 e. The first-order valence-electron chi connectivity index (χ1n) is 6.88. The maximum Gasteiger partial charge on any atom is 0.0414 e. The Bertz CT molecular complexity index is 339. The summed E-state index contributed by atoms with van der Waals surface area (Å²) in [7, 11) is 0. The van der Waals surface area contributed by atoms with Crippen molar-refractivity contribution in [3.63, 3.8) is 0 Å². The van der Waals surface area contributed by atoms with Crippen LogP contribution in [0, 0.1) is 0 Å². The van der Waals surface area contributed by atoms with Crippen molar-refractivity contribution >= 4 is 5.69 Å². The Morgan fingerprint density at radius 3 is 2.24 bits per heavy atom. The van der Waals surface area contributed by atoms with Gasteiger partial charge in [-0.2, -0.15) is 0 Å². The van der Waals surface area contributed by atoms with E-state index in [4.69, 9.17) is 5.73 Å². The van der Waals surface area contributed by atoms with Crippen LogP contribution in [0.2, 0.25) is 0 Å². The molecule has 0 spiro atoms. The topological polar surface area (TPSA) is 29.3 Å². The second-order valence-corrected chi connectivity index (χ2v) is 5.10. The molecule has 2 heteroatoms. The minimum absolute atomic E-state index is 0.122. The van der Waals surface area contributed by atoms with Crippen molar-refractivity contribution in [2.75, 3.05) is 18.0 Å². The molecule has 94 valence electrons. The number of hydrogen-bond acceptors (Lipinski definition) is 2. The summed E-state index contributed by atoms with van der Waals surface area (Å²) in [5.41, 5.74) is 8.70. The van der Waals surface area contributed by atoms with E-state index in [0.29, 0.717) is 0 Å². The van der Waals surface area contributed by atoms with E-state index in [1.807, 2.05) is 0 Å². The SMILES string of the molecule is C[C@H](N)c1ccccc1N1CCCCCCC1. The van der Waals surface area contributed by atoms with E-state index >= 15 is 0 Å². The molecule has 0 aliphatic carbocycles. The highest BCUT2D eigenvalue weighted by Gasteiger charge is 2.14. The molecule has 0 aromatic heterocycles. The number of benzene rings is 1. The standard InChI is InChI=1S/C15H24N2/c1-13(16)14-9-5-6-10-15(14)17-11-7-3-2-4-8-12-17/h5-6,9-10,13H,2-4,7-8,11-12,16H2,1H3/t13-/m0/s1. The van der Waals surface area contributed by atoms with Crippen molar-refractivity contribution in [2.45, 2.75) is 45.1 Å². The molecule has 1 aromatic carbocycles. The molecule has 1 heterocycles. The molecular formula is C15H24N2. The van der Waals surface area contributed by atoms with E-state index in [-0.39, 0.29) is 6.04 Å². The Morgan fingerprint density at radius 1 is 1.00 bits per heavy atom. The fraction of sp³-hybridized carbons (Fsp3) is 0.600. The van der Waals surface area contributed by atoms with Gasteiger partial charge in [0, 0.05) is 24.8 Å². The van der Waals surface area contributed by atoms with Gasteiger partial charge >= 0.3 is 0 Å². The third-order valence-corrected chi connectivity index (χ3v) is 3.62. The van der Waals surface area contributed by atoms with Crippen molar-refractivity contribution in [3.05, 3.63) is 29.8 Å². The molecule has 0 radical (unpaired) electrons. The Hall–Kier alpha value is -1.02. The summed E-state index contributed by atoms with van der Waals surface area (Å²) < 4.78 is 0. The molecular weight excluding hydrogens is 208 g/mol. The van der Waals surface area contributed by atoms with Gasteiger partial charge in [-0.15, -0.1) is 0 Å². The van der Waals surface area contributed by atoms with Gasteiger partial charge < -0.3 is 10.6 Å². The number of hydrogen-bond donors (Lipinski definition) is 1. The van der Waals surface area contributed by atoms with Gasteiger partial charge in [-0.1, -0.05) is 37.5 Å². The average molecular weight is 232 g/mol. The lowest BCUT2D eigenvalue weighted by Crippen LogP contribution is -2.28. The van der Waals surface area contributed by atoms with E-state index < -0.39 is 0 Å². The third-order valence-electron chi connectivity index (χ3n) is 3.62. The molecule has 2 rings (SSSR count). The second-order valence-electron chi connectivity index (χ2n) is 5.10. The van der Waals surface area contributed by atoms with Crippen molar-refractivity contribution in [2.24, 2.45) is 5.73 Å². The zero-order valence-electron chi connectivity index (χ0n) is 10.9. The maximum absolute atomic E-state index is 6.06. The van der Waals surface area contributed by atoms with Crippen LogP contribution < -0.4 is 10.6 Å². The summed E-state index contributed by atoms with van der Waals surface area (Å²) in [6.45, 7) is 4.44. The zero-order chi connectivity index (χ0) is 12.1. The summed E-state index contributed by atoms with van der Waals surface area (Å²) in [5.74, 6) is 0. The van der Waals surface area contributed by atoms with E-state index in [1.165, 1.54) is 56.4 Å². The van der Waals surface area contributed by atoms with Gasteiger partial charge in [-0.25, -0.2) is 0 Å². The lowest BCUT2D eigenvalue weighted by atomic mass is 10.0. The molecule has 1 aromatic rings. The predicted molar refractivity (Wildman–Crippen MR) is 74.3 cm³/mol. The smallest absolute Gasteiger partial charge is 0.0414 e.